The SMILES string of the molecule is O=C(Cc1cc(F)ccc1F)NC1CCCNC1. The van der Waals surface area contributed by atoms with Crippen LogP contribution in [0.2, 0.25) is 0 Å². The second kappa shape index (κ2) is 5.91. The van der Waals surface area contributed by atoms with Crippen molar-refractivity contribution in [3.8, 4) is 0 Å². The maximum atomic E-state index is 13.3. The van der Waals surface area contributed by atoms with Crippen molar-refractivity contribution in [3.63, 3.8) is 0 Å². The highest BCUT2D eigenvalue weighted by atomic mass is 19.1. The summed E-state index contributed by atoms with van der Waals surface area (Å²) in [5.74, 6) is -1.35. The third-order valence-corrected chi connectivity index (χ3v) is 3.02. The Bertz CT molecular complexity index is 431. The molecule has 0 spiro atoms. The Balaban J connectivity index is 1.92. The second-order valence-corrected chi connectivity index (χ2v) is 4.52. The van der Waals surface area contributed by atoms with Gasteiger partial charge in [-0.1, -0.05) is 0 Å². The molecule has 1 saturated heterocycles. The van der Waals surface area contributed by atoms with Crippen LogP contribution in [0.4, 0.5) is 8.78 Å². The van der Waals surface area contributed by atoms with E-state index in [9.17, 15) is 13.6 Å². The van der Waals surface area contributed by atoms with Crippen LogP contribution in [0.5, 0.6) is 0 Å². The summed E-state index contributed by atoms with van der Waals surface area (Å²) >= 11 is 0. The molecule has 18 heavy (non-hydrogen) atoms. The Hall–Kier alpha value is -1.49. The number of carbonyl (C=O) groups excluding carboxylic acids is 1. The molecule has 0 saturated carbocycles. The maximum Gasteiger partial charge on any atom is 0.224 e. The molecule has 1 aromatic carbocycles. The molecule has 98 valence electrons. The molecule has 0 aromatic heterocycles. The van der Waals surface area contributed by atoms with Crippen LogP contribution >= 0.6 is 0 Å². The monoisotopic (exact) mass is 254 g/mol. The molecule has 1 heterocycles. The molecule has 3 nitrogen and oxygen atoms in total. The van der Waals surface area contributed by atoms with Crippen LogP contribution in [0.15, 0.2) is 18.2 Å². The molecule has 2 rings (SSSR count). The number of amides is 1. The van der Waals surface area contributed by atoms with Crippen LogP contribution in [0.25, 0.3) is 0 Å². The maximum absolute atomic E-state index is 13.3. The largest absolute Gasteiger partial charge is 0.352 e. The summed E-state index contributed by atoms with van der Waals surface area (Å²) in [5.41, 5.74) is 0.0938. The van der Waals surface area contributed by atoms with Crippen molar-refractivity contribution in [1.82, 2.24) is 10.6 Å². The molecule has 1 aliphatic rings. The van der Waals surface area contributed by atoms with E-state index in [-0.39, 0.29) is 23.9 Å². The summed E-state index contributed by atoms with van der Waals surface area (Å²) in [6.07, 6.45) is 1.81. The van der Waals surface area contributed by atoms with Crippen molar-refractivity contribution < 1.29 is 13.6 Å². The number of halogens is 2. The summed E-state index contributed by atoms with van der Waals surface area (Å²) in [4.78, 5) is 11.7. The van der Waals surface area contributed by atoms with E-state index in [0.29, 0.717) is 0 Å². The number of rotatable bonds is 3. The average Bonchev–Trinajstić information content (AvgIpc) is 2.35. The van der Waals surface area contributed by atoms with E-state index in [1.54, 1.807) is 0 Å². The van der Waals surface area contributed by atoms with Crippen LogP contribution in [-0.2, 0) is 11.2 Å². The van der Waals surface area contributed by atoms with Crippen molar-refractivity contribution in [2.75, 3.05) is 13.1 Å². The van der Waals surface area contributed by atoms with E-state index >= 15 is 0 Å². The number of hydrogen-bond acceptors (Lipinski definition) is 2. The Morgan fingerprint density at radius 3 is 3.00 bits per heavy atom. The van der Waals surface area contributed by atoms with Crippen molar-refractivity contribution in [3.05, 3.63) is 35.4 Å². The molecule has 1 aliphatic heterocycles. The molecule has 1 atom stereocenters. The van der Waals surface area contributed by atoms with E-state index in [0.717, 1.165) is 44.1 Å². The predicted molar refractivity (Wildman–Crippen MR) is 64.1 cm³/mol. The molecule has 1 unspecified atom stereocenters. The van der Waals surface area contributed by atoms with Crippen LogP contribution in [0.3, 0.4) is 0 Å². The minimum Gasteiger partial charge on any atom is -0.352 e. The quantitative estimate of drug-likeness (QED) is 0.855. The number of benzene rings is 1. The number of hydrogen-bond donors (Lipinski definition) is 2. The van der Waals surface area contributed by atoms with Gasteiger partial charge in [-0.2, -0.15) is 0 Å². The van der Waals surface area contributed by atoms with E-state index < -0.39 is 11.6 Å². The average molecular weight is 254 g/mol. The lowest BCUT2D eigenvalue weighted by Gasteiger charge is -2.23. The van der Waals surface area contributed by atoms with E-state index in [2.05, 4.69) is 10.6 Å². The molecule has 1 amide bonds. The minimum atomic E-state index is -0.548. The van der Waals surface area contributed by atoms with Crippen molar-refractivity contribution in [2.24, 2.45) is 0 Å². The number of nitrogens with one attached hydrogen (secondary N) is 2. The van der Waals surface area contributed by atoms with Gasteiger partial charge in [0.2, 0.25) is 5.91 Å². The Morgan fingerprint density at radius 1 is 1.44 bits per heavy atom. The van der Waals surface area contributed by atoms with Gasteiger partial charge < -0.3 is 10.6 Å². The summed E-state index contributed by atoms with van der Waals surface area (Å²) in [5, 5.41) is 6.00. The van der Waals surface area contributed by atoms with Gasteiger partial charge in [0.15, 0.2) is 0 Å². The summed E-state index contributed by atoms with van der Waals surface area (Å²) in [6.45, 7) is 1.70. The fourth-order valence-electron chi connectivity index (χ4n) is 2.11. The minimum absolute atomic E-state index is 0.0860. The molecule has 0 aliphatic carbocycles. The van der Waals surface area contributed by atoms with Crippen LogP contribution in [0.1, 0.15) is 18.4 Å². The molecule has 5 heteroatoms. The van der Waals surface area contributed by atoms with E-state index in [1.165, 1.54) is 0 Å². The smallest absolute Gasteiger partial charge is 0.224 e. The highest BCUT2D eigenvalue weighted by Gasteiger charge is 2.16. The van der Waals surface area contributed by atoms with Gasteiger partial charge in [-0.15, -0.1) is 0 Å². The predicted octanol–water partition coefficient (Wildman–Crippen LogP) is 1.38. The highest BCUT2D eigenvalue weighted by Crippen LogP contribution is 2.10. The highest BCUT2D eigenvalue weighted by molar-refractivity contribution is 5.78. The first-order valence-electron chi connectivity index (χ1n) is 6.09. The zero-order valence-corrected chi connectivity index (χ0v) is 10.0. The van der Waals surface area contributed by atoms with Crippen molar-refractivity contribution in [2.45, 2.75) is 25.3 Å². The number of carbonyl (C=O) groups is 1. The Morgan fingerprint density at radius 2 is 2.28 bits per heavy atom. The summed E-state index contributed by atoms with van der Waals surface area (Å²) < 4.78 is 26.3. The molecule has 0 radical (unpaired) electrons. The standard InChI is InChI=1S/C13H16F2N2O/c14-10-3-4-12(15)9(6-10)7-13(18)17-11-2-1-5-16-8-11/h3-4,6,11,16H,1-2,5,7-8H2,(H,17,18). The van der Waals surface area contributed by atoms with E-state index in [1.807, 2.05) is 0 Å². The van der Waals surface area contributed by atoms with Crippen LogP contribution in [0, 0.1) is 11.6 Å². The summed E-state index contributed by atoms with van der Waals surface area (Å²) in [6, 6.07) is 3.23. The van der Waals surface area contributed by atoms with Gasteiger partial charge in [0, 0.05) is 18.2 Å². The third-order valence-electron chi connectivity index (χ3n) is 3.02. The van der Waals surface area contributed by atoms with Gasteiger partial charge in [0.25, 0.3) is 0 Å². The van der Waals surface area contributed by atoms with Gasteiger partial charge in [-0.05, 0) is 37.6 Å². The van der Waals surface area contributed by atoms with Crippen LogP contribution < -0.4 is 10.6 Å². The van der Waals surface area contributed by atoms with Gasteiger partial charge in [-0.3, -0.25) is 4.79 Å². The van der Waals surface area contributed by atoms with Crippen LogP contribution in [-0.4, -0.2) is 25.0 Å². The van der Waals surface area contributed by atoms with Crippen molar-refractivity contribution >= 4 is 5.91 Å². The number of piperidine rings is 1. The molecule has 1 fully saturated rings. The lowest BCUT2D eigenvalue weighted by molar-refractivity contribution is -0.121. The second-order valence-electron chi connectivity index (χ2n) is 4.52. The fraction of sp³-hybridized carbons (Fsp3) is 0.462. The first-order valence-corrected chi connectivity index (χ1v) is 6.09. The Kier molecular flexibility index (Phi) is 4.25. The van der Waals surface area contributed by atoms with E-state index in [4.69, 9.17) is 0 Å². The van der Waals surface area contributed by atoms with Crippen molar-refractivity contribution in [1.29, 1.82) is 0 Å². The fourth-order valence-corrected chi connectivity index (χ4v) is 2.11. The first kappa shape index (κ1) is 13.0. The molecule has 1 aromatic rings. The lowest BCUT2D eigenvalue weighted by Crippen LogP contribution is -2.46. The Labute approximate surface area is 105 Å². The topological polar surface area (TPSA) is 41.1 Å². The zero-order valence-electron chi connectivity index (χ0n) is 10.0. The third kappa shape index (κ3) is 3.50. The van der Waals surface area contributed by atoms with Gasteiger partial charge in [-0.25, -0.2) is 8.78 Å². The summed E-state index contributed by atoms with van der Waals surface area (Å²) in [7, 11) is 0. The van der Waals surface area contributed by atoms with Gasteiger partial charge in [0.05, 0.1) is 6.42 Å². The van der Waals surface area contributed by atoms with Gasteiger partial charge in [0.1, 0.15) is 11.6 Å². The first-order chi connectivity index (χ1) is 8.65. The molecular weight excluding hydrogens is 238 g/mol. The zero-order chi connectivity index (χ0) is 13.0. The molecular formula is C13H16F2N2O. The normalized spacial score (nSPS) is 19.6. The molecule has 0 bridgehead atoms. The van der Waals surface area contributed by atoms with Gasteiger partial charge >= 0.3 is 0 Å². The molecule has 2 N–H and O–H groups in total. The lowest BCUT2D eigenvalue weighted by atomic mass is 10.1.